The fourth-order valence-corrected chi connectivity index (χ4v) is 3.25. The molecule has 2 aromatic rings. The number of morpholine rings is 1. The molecule has 1 aliphatic heterocycles. The summed E-state index contributed by atoms with van der Waals surface area (Å²) < 4.78 is 5.38. The number of halogens is 1. The maximum atomic E-state index is 12.2. The molecule has 2 aromatic carbocycles. The van der Waals surface area contributed by atoms with E-state index >= 15 is 0 Å². The number of amides is 2. The summed E-state index contributed by atoms with van der Waals surface area (Å²) in [6, 6.07) is 14.6. The first kappa shape index (κ1) is 20.2. The van der Waals surface area contributed by atoms with Gasteiger partial charge in [0.25, 0.3) is 5.91 Å². The number of ether oxygens (including phenoxy) is 1. The van der Waals surface area contributed by atoms with Gasteiger partial charge in [-0.2, -0.15) is 0 Å². The first-order valence-electron chi connectivity index (χ1n) is 9.29. The first-order chi connectivity index (χ1) is 13.5. The zero-order valence-electron chi connectivity index (χ0n) is 15.8. The van der Waals surface area contributed by atoms with Crippen LogP contribution in [0, 0.1) is 0 Å². The van der Waals surface area contributed by atoms with E-state index in [1.54, 1.807) is 24.3 Å². The molecule has 148 valence electrons. The maximum Gasteiger partial charge on any atom is 0.251 e. The monoisotopic (exact) mass is 401 g/mol. The summed E-state index contributed by atoms with van der Waals surface area (Å²) in [5, 5.41) is 5.98. The molecule has 1 saturated heterocycles. The maximum absolute atomic E-state index is 12.2. The van der Waals surface area contributed by atoms with Crippen LogP contribution >= 0.6 is 11.6 Å². The third kappa shape index (κ3) is 5.47. The van der Waals surface area contributed by atoms with Gasteiger partial charge in [0.15, 0.2) is 0 Å². The summed E-state index contributed by atoms with van der Waals surface area (Å²) in [7, 11) is 0. The van der Waals surface area contributed by atoms with Crippen LogP contribution in [0.15, 0.2) is 48.5 Å². The van der Waals surface area contributed by atoms with Crippen LogP contribution in [0.1, 0.15) is 28.9 Å². The van der Waals surface area contributed by atoms with Crippen molar-refractivity contribution in [1.29, 1.82) is 0 Å². The Kier molecular flexibility index (Phi) is 6.90. The van der Waals surface area contributed by atoms with Gasteiger partial charge in [-0.1, -0.05) is 29.8 Å². The predicted octanol–water partition coefficient (Wildman–Crippen LogP) is 2.78. The van der Waals surface area contributed by atoms with E-state index in [0.717, 1.165) is 37.6 Å². The zero-order chi connectivity index (χ0) is 19.9. The average Bonchev–Trinajstić information content (AvgIpc) is 2.72. The third-order valence-electron chi connectivity index (χ3n) is 4.64. The molecule has 0 saturated carbocycles. The van der Waals surface area contributed by atoms with Crippen LogP contribution in [0.3, 0.4) is 0 Å². The van der Waals surface area contributed by atoms with E-state index in [-0.39, 0.29) is 24.4 Å². The summed E-state index contributed by atoms with van der Waals surface area (Å²) in [4.78, 5) is 26.5. The van der Waals surface area contributed by atoms with E-state index < -0.39 is 0 Å². The van der Waals surface area contributed by atoms with Crippen molar-refractivity contribution < 1.29 is 14.3 Å². The second-order valence-corrected chi connectivity index (χ2v) is 7.11. The van der Waals surface area contributed by atoms with E-state index in [0.29, 0.717) is 10.6 Å². The summed E-state index contributed by atoms with van der Waals surface area (Å²) >= 11 is 5.88. The van der Waals surface area contributed by atoms with Crippen molar-refractivity contribution in [3.63, 3.8) is 0 Å². The van der Waals surface area contributed by atoms with Gasteiger partial charge in [-0.25, -0.2) is 0 Å². The zero-order valence-corrected chi connectivity index (χ0v) is 16.5. The van der Waals surface area contributed by atoms with E-state index in [1.165, 1.54) is 0 Å². The molecule has 1 fully saturated rings. The van der Waals surface area contributed by atoms with Crippen LogP contribution in [-0.2, 0) is 9.53 Å². The number of hydrogen-bond acceptors (Lipinski definition) is 4. The number of carbonyl (C=O) groups is 2. The minimum atomic E-state index is -0.333. The van der Waals surface area contributed by atoms with Gasteiger partial charge in [-0.3, -0.25) is 9.59 Å². The second kappa shape index (κ2) is 9.57. The molecule has 2 N–H and O–H groups in total. The first-order valence-corrected chi connectivity index (χ1v) is 9.66. The Hall–Kier alpha value is -2.57. The molecule has 0 bridgehead atoms. The van der Waals surface area contributed by atoms with Gasteiger partial charge in [0.05, 0.1) is 25.8 Å². The molecule has 0 aromatic heterocycles. The van der Waals surface area contributed by atoms with Gasteiger partial charge in [0.1, 0.15) is 0 Å². The number of nitrogens with one attached hydrogen (secondary N) is 2. The van der Waals surface area contributed by atoms with Crippen molar-refractivity contribution in [2.75, 3.05) is 37.7 Å². The summed E-state index contributed by atoms with van der Waals surface area (Å²) in [5.41, 5.74) is 2.58. The van der Waals surface area contributed by atoms with Gasteiger partial charge >= 0.3 is 0 Å². The largest absolute Gasteiger partial charge is 0.378 e. The van der Waals surface area contributed by atoms with Crippen molar-refractivity contribution in [3.8, 4) is 0 Å². The number of nitrogens with zero attached hydrogens (tertiary/aromatic N) is 1. The topological polar surface area (TPSA) is 70.7 Å². The van der Waals surface area contributed by atoms with Crippen LogP contribution in [0.4, 0.5) is 5.69 Å². The fraction of sp³-hybridized carbons (Fsp3) is 0.333. The van der Waals surface area contributed by atoms with Crippen molar-refractivity contribution in [2.24, 2.45) is 0 Å². The highest BCUT2D eigenvalue weighted by atomic mass is 35.5. The molecule has 1 atom stereocenters. The van der Waals surface area contributed by atoms with Gasteiger partial charge in [-0.05, 0) is 42.8 Å². The molecule has 0 radical (unpaired) electrons. The lowest BCUT2D eigenvalue weighted by Gasteiger charge is -2.29. The van der Waals surface area contributed by atoms with Gasteiger partial charge in [-0.15, -0.1) is 0 Å². The lowest BCUT2D eigenvalue weighted by Crippen LogP contribution is -2.38. The van der Waals surface area contributed by atoms with Crippen molar-refractivity contribution >= 4 is 29.1 Å². The summed E-state index contributed by atoms with van der Waals surface area (Å²) in [5.74, 6) is -0.583. The van der Waals surface area contributed by atoms with Crippen LogP contribution in [0.2, 0.25) is 5.02 Å². The van der Waals surface area contributed by atoms with E-state index in [9.17, 15) is 9.59 Å². The lowest BCUT2D eigenvalue weighted by molar-refractivity contribution is -0.120. The van der Waals surface area contributed by atoms with Crippen LogP contribution in [0.5, 0.6) is 0 Å². The van der Waals surface area contributed by atoms with Crippen LogP contribution in [-0.4, -0.2) is 44.7 Å². The molecule has 1 unspecified atom stereocenters. The standard InChI is InChI=1S/C21H24ClN3O3/c1-15(16-5-7-19(8-6-16)25-9-11-28-12-10-25)24-20(26)14-23-21(27)17-3-2-4-18(22)13-17/h2-8,13,15H,9-12,14H2,1H3,(H,23,27)(H,24,26). The van der Waals surface area contributed by atoms with E-state index in [2.05, 4.69) is 27.7 Å². The number of benzene rings is 2. The Balaban J connectivity index is 1.49. The second-order valence-electron chi connectivity index (χ2n) is 6.67. The summed E-state index contributed by atoms with van der Waals surface area (Å²) in [6.45, 7) is 5.09. The summed E-state index contributed by atoms with van der Waals surface area (Å²) in [6.07, 6.45) is 0. The highest BCUT2D eigenvalue weighted by molar-refractivity contribution is 6.30. The molecule has 0 aliphatic carbocycles. The fourth-order valence-electron chi connectivity index (χ4n) is 3.06. The minimum Gasteiger partial charge on any atom is -0.378 e. The molecule has 1 aliphatic rings. The van der Waals surface area contributed by atoms with E-state index in [4.69, 9.17) is 16.3 Å². The third-order valence-corrected chi connectivity index (χ3v) is 4.88. The molecule has 6 nitrogen and oxygen atoms in total. The van der Waals surface area contributed by atoms with Gasteiger partial charge in [0, 0.05) is 29.4 Å². The molecule has 28 heavy (non-hydrogen) atoms. The highest BCUT2D eigenvalue weighted by Crippen LogP contribution is 2.20. The predicted molar refractivity (Wildman–Crippen MR) is 110 cm³/mol. The molecule has 2 amide bonds. The Morgan fingerprint density at radius 3 is 2.54 bits per heavy atom. The Morgan fingerprint density at radius 1 is 1.14 bits per heavy atom. The Bertz CT molecular complexity index is 820. The average molecular weight is 402 g/mol. The Labute approximate surface area is 169 Å². The minimum absolute atomic E-state index is 0.0957. The smallest absolute Gasteiger partial charge is 0.251 e. The highest BCUT2D eigenvalue weighted by Gasteiger charge is 2.14. The Morgan fingerprint density at radius 2 is 1.86 bits per heavy atom. The van der Waals surface area contributed by atoms with Crippen molar-refractivity contribution in [2.45, 2.75) is 13.0 Å². The van der Waals surface area contributed by atoms with Gasteiger partial charge < -0.3 is 20.3 Å². The van der Waals surface area contributed by atoms with Crippen molar-refractivity contribution in [3.05, 3.63) is 64.7 Å². The molecular weight excluding hydrogens is 378 g/mol. The number of hydrogen-bond donors (Lipinski definition) is 2. The van der Waals surface area contributed by atoms with Crippen LogP contribution in [0.25, 0.3) is 0 Å². The molecule has 0 spiro atoms. The van der Waals surface area contributed by atoms with Gasteiger partial charge in [0.2, 0.25) is 5.91 Å². The number of anilines is 1. The lowest BCUT2D eigenvalue weighted by atomic mass is 10.1. The van der Waals surface area contributed by atoms with Crippen LogP contribution < -0.4 is 15.5 Å². The quantitative estimate of drug-likeness (QED) is 0.780. The number of rotatable bonds is 6. The normalized spacial score (nSPS) is 15.0. The van der Waals surface area contributed by atoms with E-state index in [1.807, 2.05) is 19.1 Å². The van der Waals surface area contributed by atoms with Crippen molar-refractivity contribution in [1.82, 2.24) is 10.6 Å². The number of carbonyl (C=O) groups excluding carboxylic acids is 2. The molecular formula is C21H24ClN3O3. The SMILES string of the molecule is CC(NC(=O)CNC(=O)c1cccc(Cl)c1)c1ccc(N2CCOCC2)cc1. The molecule has 3 rings (SSSR count). The molecule has 1 heterocycles. The molecule has 7 heteroatoms.